The minimum Gasteiger partial charge on any atom is -0.378 e. The van der Waals surface area contributed by atoms with Crippen LogP contribution in [0.4, 0.5) is 5.69 Å². The Hall–Kier alpha value is -0.980. The Kier molecular flexibility index (Phi) is 6.87. The number of benzene rings is 1. The molecule has 4 nitrogen and oxygen atoms in total. The van der Waals surface area contributed by atoms with Crippen LogP contribution in [0.3, 0.4) is 0 Å². The van der Waals surface area contributed by atoms with Gasteiger partial charge in [-0.05, 0) is 24.1 Å². The van der Waals surface area contributed by atoms with Crippen LogP contribution in [0.1, 0.15) is 5.56 Å². The van der Waals surface area contributed by atoms with Crippen LogP contribution in [0.25, 0.3) is 0 Å². The molecule has 0 fully saturated rings. The number of hydrogen-bond donors (Lipinski definition) is 2. The van der Waals surface area contributed by atoms with Gasteiger partial charge in [-0.1, -0.05) is 12.1 Å². The summed E-state index contributed by atoms with van der Waals surface area (Å²) in [7, 11) is 4.04. The molecule has 0 aliphatic carbocycles. The predicted molar refractivity (Wildman–Crippen MR) is 80.6 cm³/mol. The van der Waals surface area contributed by atoms with E-state index in [1.54, 1.807) is 0 Å². The van der Waals surface area contributed by atoms with E-state index in [-0.39, 0.29) is 29.9 Å². The molecule has 1 aromatic rings. The van der Waals surface area contributed by atoms with E-state index < -0.39 is 0 Å². The smallest absolute Gasteiger partial charge is 0.185 e. The molecule has 0 saturated heterocycles. The van der Waals surface area contributed by atoms with Crippen molar-refractivity contribution in [3.63, 3.8) is 0 Å². The lowest BCUT2D eigenvalue weighted by atomic mass is 10.1. The van der Waals surface area contributed by atoms with Gasteiger partial charge in [0, 0.05) is 26.3 Å². The summed E-state index contributed by atoms with van der Waals surface area (Å²) in [6.07, 6.45) is 0.867. The van der Waals surface area contributed by atoms with Gasteiger partial charge in [0.15, 0.2) is 5.96 Å². The van der Waals surface area contributed by atoms with Crippen LogP contribution in [0.5, 0.6) is 0 Å². The lowest BCUT2D eigenvalue weighted by Crippen LogP contribution is -2.23. The first-order chi connectivity index (χ1) is 7.09. The summed E-state index contributed by atoms with van der Waals surface area (Å²) in [5, 5.41) is 0. The van der Waals surface area contributed by atoms with Crippen LogP contribution in [0, 0.1) is 0 Å². The molecule has 0 amide bonds. The number of hydrogen-bond acceptors (Lipinski definition) is 2. The molecule has 0 spiro atoms. The van der Waals surface area contributed by atoms with Gasteiger partial charge in [0.2, 0.25) is 0 Å². The van der Waals surface area contributed by atoms with Crippen LogP contribution < -0.4 is 16.4 Å². The van der Waals surface area contributed by atoms with Crippen molar-refractivity contribution in [2.75, 3.05) is 25.5 Å². The van der Waals surface area contributed by atoms with Gasteiger partial charge < -0.3 is 16.4 Å². The molecule has 0 saturated carbocycles. The highest BCUT2D eigenvalue weighted by molar-refractivity contribution is 14.0. The standard InChI is InChI=1S/C11H18N4.HI/c1-15(2)10-5-3-9(4-6-10)7-8-14-11(12)13;/h3-6H,7-8H2,1-2H3,(H4,12,13,14);1H. The fraction of sp³-hybridized carbons (Fsp3) is 0.364. The average Bonchev–Trinajstić information content (AvgIpc) is 2.18. The second kappa shape index (κ2) is 7.32. The van der Waals surface area contributed by atoms with E-state index in [4.69, 9.17) is 11.5 Å². The van der Waals surface area contributed by atoms with E-state index in [2.05, 4.69) is 34.2 Å². The summed E-state index contributed by atoms with van der Waals surface area (Å²) in [5.41, 5.74) is 12.9. The Balaban J connectivity index is 0.00000225. The molecule has 0 aliphatic heterocycles. The normalized spacial score (nSPS) is 9.12. The monoisotopic (exact) mass is 334 g/mol. The van der Waals surface area contributed by atoms with Crippen LogP contribution in [0.2, 0.25) is 0 Å². The van der Waals surface area contributed by atoms with Gasteiger partial charge >= 0.3 is 0 Å². The molecular weight excluding hydrogens is 315 g/mol. The Morgan fingerprint density at radius 2 is 1.75 bits per heavy atom. The lowest BCUT2D eigenvalue weighted by molar-refractivity contribution is 0.961. The van der Waals surface area contributed by atoms with Crippen LogP contribution in [-0.2, 0) is 6.42 Å². The third-order valence-electron chi connectivity index (χ3n) is 2.15. The van der Waals surface area contributed by atoms with Gasteiger partial charge in [-0.25, -0.2) is 0 Å². The molecule has 90 valence electrons. The number of halogens is 1. The minimum absolute atomic E-state index is 0. The Bertz CT molecular complexity index is 328. The van der Waals surface area contributed by atoms with Crippen LogP contribution in [0.15, 0.2) is 29.3 Å². The van der Waals surface area contributed by atoms with Crippen molar-refractivity contribution in [3.05, 3.63) is 29.8 Å². The largest absolute Gasteiger partial charge is 0.378 e. The lowest BCUT2D eigenvalue weighted by Gasteiger charge is -2.12. The predicted octanol–water partition coefficient (Wildman–Crippen LogP) is 1.19. The fourth-order valence-corrected chi connectivity index (χ4v) is 1.27. The highest BCUT2D eigenvalue weighted by Gasteiger charge is 1.95. The molecule has 5 heteroatoms. The zero-order chi connectivity index (χ0) is 11.3. The molecule has 1 rings (SSSR count). The van der Waals surface area contributed by atoms with Crippen molar-refractivity contribution in [3.8, 4) is 0 Å². The Morgan fingerprint density at radius 3 is 2.19 bits per heavy atom. The molecule has 0 atom stereocenters. The second-order valence-corrected chi connectivity index (χ2v) is 3.62. The van der Waals surface area contributed by atoms with Crippen LogP contribution >= 0.6 is 24.0 Å². The number of guanidine groups is 1. The van der Waals surface area contributed by atoms with E-state index in [1.165, 1.54) is 11.3 Å². The maximum absolute atomic E-state index is 5.24. The molecule has 1 aromatic carbocycles. The highest BCUT2D eigenvalue weighted by atomic mass is 127. The van der Waals surface area contributed by atoms with Gasteiger partial charge in [0.05, 0.1) is 0 Å². The first-order valence-corrected chi connectivity index (χ1v) is 4.91. The highest BCUT2D eigenvalue weighted by Crippen LogP contribution is 2.12. The maximum atomic E-state index is 5.24. The molecule has 16 heavy (non-hydrogen) atoms. The molecule has 4 N–H and O–H groups in total. The quantitative estimate of drug-likeness (QED) is 0.494. The number of rotatable bonds is 4. The van der Waals surface area contributed by atoms with Gasteiger partial charge in [-0.3, -0.25) is 4.99 Å². The third-order valence-corrected chi connectivity index (χ3v) is 2.15. The molecule has 0 aliphatic rings. The van der Waals surface area contributed by atoms with E-state index >= 15 is 0 Å². The van der Waals surface area contributed by atoms with E-state index in [9.17, 15) is 0 Å². The van der Waals surface area contributed by atoms with Crippen molar-refractivity contribution in [2.45, 2.75) is 6.42 Å². The number of nitrogens with two attached hydrogens (primary N) is 2. The van der Waals surface area contributed by atoms with Crippen molar-refractivity contribution >= 4 is 35.6 Å². The number of nitrogens with zero attached hydrogens (tertiary/aromatic N) is 2. The Morgan fingerprint density at radius 1 is 1.19 bits per heavy atom. The van der Waals surface area contributed by atoms with Crippen molar-refractivity contribution in [2.24, 2.45) is 16.5 Å². The van der Waals surface area contributed by atoms with E-state index in [0.29, 0.717) is 6.54 Å². The van der Waals surface area contributed by atoms with Gasteiger partial charge in [-0.2, -0.15) is 0 Å². The summed E-state index contributed by atoms with van der Waals surface area (Å²) < 4.78 is 0. The van der Waals surface area contributed by atoms with Gasteiger partial charge in [0.25, 0.3) is 0 Å². The number of aliphatic imine (C=N–C) groups is 1. The SMILES string of the molecule is CN(C)c1ccc(CCN=C(N)N)cc1.I. The first-order valence-electron chi connectivity index (χ1n) is 4.91. The first kappa shape index (κ1) is 15.0. The van der Waals surface area contributed by atoms with Gasteiger partial charge in [0.1, 0.15) is 0 Å². The summed E-state index contributed by atoms with van der Waals surface area (Å²) in [6, 6.07) is 8.37. The molecule has 0 aromatic heterocycles. The zero-order valence-electron chi connectivity index (χ0n) is 9.68. The van der Waals surface area contributed by atoms with Crippen LogP contribution in [-0.4, -0.2) is 26.6 Å². The molecule has 0 unspecified atom stereocenters. The molecule has 0 bridgehead atoms. The number of anilines is 1. The van der Waals surface area contributed by atoms with E-state index in [0.717, 1.165) is 6.42 Å². The molecular formula is C11H19IN4. The third kappa shape index (κ3) is 5.20. The zero-order valence-corrected chi connectivity index (χ0v) is 12.0. The van der Waals surface area contributed by atoms with Gasteiger partial charge in [-0.15, -0.1) is 24.0 Å². The summed E-state index contributed by atoms with van der Waals surface area (Å²) in [6.45, 7) is 0.643. The van der Waals surface area contributed by atoms with E-state index in [1.807, 2.05) is 14.1 Å². The topological polar surface area (TPSA) is 67.6 Å². The minimum atomic E-state index is 0. The fourth-order valence-electron chi connectivity index (χ4n) is 1.27. The van der Waals surface area contributed by atoms with Crippen molar-refractivity contribution in [1.29, 1.82) is 0 Å². The summed E-state index contributed by atoms with van der Waals surface area (Å²) in [4.78, 5) is 6.01. The van der Waals surface area contributed by atoms with Crippen molar-refractivity contribution < 1.29 is 0 Å². The summed E-state index contributed by atoms with van der Waals surface area (Å²) >= 11 is 0. The second-order valence-electron chi connectivity index (χ2n) is 3.62. The summed E-state index contributed by atoms with van der Waals surface area (Å²) in [5.74, 6) is 0.153. The Labute approximate surface area is 114 Å². The van der Waals surface area contributed by atoms with Crippen molar-refractivity contribution in [1.82, 2.24) is 0 Å². The molecule has 0 heterocycles. The maximum Gasteiger partial charge on any atom is 0.185 e. The molecule has 0 radical (unpaired) electrons. The average molecular weight is 334 g/mol.